The number of rotatable bonds is 5. The van der Waals surface area contributed by atoms with Crippen molar-refractivity contribution in [2.24, 2.45) is 5.11 Å². The molecule has 16 heavy (non-hydrogen) atoms. The Bertz CT molecular complexity index is 419. The Morgan fingerprint density at radius 3 is 2.56 bits per heavy atom. The van der Waals surface area contributed by atoms with E-state index >= 15 is 0 Å². The summed E-state index contributed by atoms with van der Waals surface area (Å²) in [6, 6.07) is 8.69. The van der Waals surface area contributed by atoms with Crippen LogP contribution in [-0.4, -0.2) is 11.8 Å². The van der Waals surface area contributed by atoms with Gasteiger partial charge >= 0.3 is 0 Å². The Balaban J connectivity index is 3.09. The molecule has 1 rings (SSSR count). The number of Topliss-reactive ketones (excluding diaryl/α,β-unsaturated/α-hetero) is 1. The molecule has 0 aromatic heterocycles. The topological polar surface area (TPSA) is 65.8 Å². The van der Waals surface area contributed by atoms with Gasteiger partial charge in [-0.05, 0) is 18.0 Å². The Hall–Kier alpha value is -2.06. The second-order valence-corrected chi connectivity index (χ2v) is 3.43. The molecule has 4 nitrogen and oxygen atoms in total. The zero-order chi connectivity index (χ0) is 12.0. The smallest absolute Gasteiger partial charge is 0.139 e. The van der Waals surface area contributed by atoms with E-state index in [2.05, 4.69) is 16.6 Å². The number of hydrogen-bond acceptors (Lipinski definition) is 2. The van der Waals surface area contributed by atoms with Crippen LogP contribution in [0.1, 0.15) is 18.4 Å². The molecule has 0 aliphatic heterocycles. The van der Waals surface area contributed by atoms with Crippen LogP contribution < -0.4 is 0 Å². The fraction of sp³-hybridized carbons (Fsp3) is 0.250. The number of benzene rings is 1. The highest BCUT2D eigenvalue weighted by molar-refractivity contribution is 5.83. The van der Waals surface area contributed by atoms with Crippen LogP contribution in [0.25, 0.3) is 10.4 Å². The maximum atomic E-state index is 11.4. The lowest BCUT2D eigenvalue weighted by Gasteiger charge is -2.17. The molecule has 2 unspecified atom stereocenters. The molecule has 0 bridgehead atoms. The van der Waals surface area contributed by atoms with Crippen molar-refractivity contribution in [3.63, 3.8) is 0 Å². The van der Waals surface area contributed by atoms with E-state index in [9.17, 15) is 4.79 Å². The monoisotopic (exact) mass is 215 g/mol. The molecule has 0 saturated heterocycles. The van der Waals surface area contributed by atoms with Gasteiger partial charge in [0.2, 0.25) is 0 Å². The van der Waals surface area contributed by atoms with E-state index in [0.717, 1.165) is 5.56 Å². The van der Waals surface area contributed by atoms with E-state index in [-0.39, 0.29) is 11.7 Å². The summed E-state index contributed by atoms with van der Waals surface area (Å²) >= 11 is 0. The number of azide groups is 1. The van der Waals surface area contributed by atoms with E-state index in [4.69, 9.17) is 5.53 Å². The molecule has 2 atom stereocenters. The number of ketones is 1. The van der Waals surface area contributed by atoms with Crippen molar-refractivity contribution in [1.82, 2.24) is 0 Å². The predicted octanol–water partition coefficient (Wildman–Crippen LogP) is 3.22. The fourth-order valence-corrected chi connectivity index (χ4v) is 1.58. The van der Waals surface area contributed by atoms with Crippen LogP contribution in [0.4, 0.5) is 0 Å². The third-order valence-corrected chi connectivity index (χ3v) is 2.37. The number of hydrogen-bond donors (Lipinski definition) is 0. The summed E-state index contributed by atoms with van der Waals surface area (Å²) in [5.74, 6) is -0.429. The highest BCUT2D eigenvalue weighted by Gasteiger charge is 2.23. The Morgan fingerprint density at radius 1 is 1.50 bits per heavy atom. The van der Waals surface area contributed by atoms with Crippen molar-refractivity contribution in [3.05, 3.63) is 59.0 Å². The normalized spacial score (nSPS) is 13.3. The van der Waals surface area contributed by atoms with E-state index in [0.29, 0.717) is 0 Å². The minimum atomic E-state index is -0.718. The van der Waals surface area contributed by atoms with Crippen molar-refractivity contribution >= 4 is 5.78 Å². The highest BCUT2D eigenvalue weighted by atomic mass is 16.1. The van der Waals surface area contributed by atoms with Crippen molar-refractivity contribution in [3.8, 4) is 0 Å². The number of carbonyl (C=O) groups excluding carboxylic acids is 1. The summed E-state index contributed by atoms with van der Waals surface area (Å²) in [5, 5.41) is 3.53. The van der Waals surface area contributed by atoms with Crippen LogP contribution in [0.2, 0.25) is 0 Å². The van der Waals surface area contributed by atoms with Gasteiger partial charge in [-0.15, -0.1) is 6.58 Å². The molecule has 0 aliphatic rings. The van der Waals surface area contributed by atoms with Crippen LogP contribution in [-0.2, 0) is 4.79 Å². The molecular weight excluding hydrogens is 202 g/mol. The lowest BCUT2D eigenvalue weighted by atomic mass is 9.90. The summed E-state index contributed by atoms with van der Waals surface area (Å²) in [5.41, 5.74) is 9.37. The molecule has 4 heteroatoms. The minimum absolute atomic E-state index is 0.161. The van der Waals surface area contributed by atoms with Crippen LogP contribution in [0.15, 0.2) is 48.1 Å². The highest BCUT2D eigenvalue weighted by Crippen LogP contribution is 2.23. The maximum Gasteiger partial charge on any atom is 0.139 e. The molecule has 0 amide bonds. The van der Waals surface area contributed by atoms with Crippen molar-refractivity contribution < 1.29 is 4.79 Å². The van der Waals surface area contributed by atoms with Crippen LogP contribution in [0, 0.1) is 0 Å². The van der Waals surface area contributed by atoms with Gasteiger partial charge in [-0.1, -0.05) is 41.5 Å². The SMILES string of the molecule is C=CC(c1ccccc1)C(N=[N+]=[N-])C(C)=O. The molecule has 0 N–H and O–H groups in total. The Labute approximate surface area is 94.2 Å². The lowest BCUT2D eigenvalue weighted by molar-refractivity contribution is -0.118. The lowest BCUT2D eigenvalue weighted by Crippen LogP contribution is -2.22. The molecule has 0 heterocycles. The second-order valence-electron chi connectivity index (χ2n) is 3.43. The van der Waals surface area contributed by atoms with Gasteiger partial charge in [0, 0.05) is 10.8 Å². The quantitative estimate of drug-likeness (QED) is 0.322. The first-order valence-corrected chi connectivity index (χ1v) is 4.93. The predicted molar refractivity (Wildman–Crippen MR) is 63.0 cm³/mol. The second kappa shape index (κ2) is 5.73. The van der Waals surface area contributed by atoms with Crippen molar-refractivity contribution in [2.75, 3.05) is 0 Å². The number of nitrogens with zero attached hydrogens (tertiary/aromatic N) is 3. The first-order valence-electron chi connectivity index (χ1n) is 4.93. The van der Waals surface area contributed by atoms with E-state index in [1.54, 1.807) is 6.08 Å². The minimum Gasteiger partial charge on any atom is -0.300 e. The van der Waals surface area contributed by atoms with Crippen molar-refractivity contribution in [1.29, 1.82) is 0 Å². The summed E-state index contributed by atoms with van der Waals surface area (Å²) in [7, 11) is 0. The summed E-state index contributed by atoms with van der Waals surface area (Å²) in [6.07, 6.45) is 1.64. The van der Waals surface area contributed by atoms with Gasteiger partial charge in [0.25, 0.3) is 0 Å². The molecule has 82 valence electrons. The van der Waals surface area contributed by atoms with Gasteiger partial charge in [-0.2, -0.15) is 0 Å². The molecule has 0 spiro atoms. The summed E-state index contributed by atoms with van der Waals surface area (Å²) in [4.78, 5) is 14.1. The third-order valence-electron chi connectivity index (χ3n) is 2.37. The van der Waals surface area contributed by atoms with Gasteiger partial charge in [0.15, 0.2) is 0 Å². The molecule has 0 radical (unpaired) electrons. The van der Waals surface area contributed by atoms with Crippen LogP contribution in [0.3, 0.4) is 0 Å². The molecule has 0 saturated carbocycles. The van der Waals surface area contributed by atoms with Crippen LogP contribution in [0.5, 0.6) is 0 Å². The molecule has 0 fully saturated rings. The van der Waals surface area contributed by atoms with Crippen molar-refractivity contribution in [2.45, 2.75) is 18.9 Å². The molecule has 1 aromatic rings. The van der Waals surface area contributed by atoms with Gasteiger partial charge < -0.3 is 0 Å². The number of carbonyl (C=O) groups is 1. The summed E-state index contributed by atoms with van der Waals surface area (Å²) < 4.78 is 0. The zero-order valence-electron chi connectivity index (χ0n) is 9.08. The average molecular weight is 215 g/mol. The van der Waals surface area contributed by atoms with Crippen LogP contribution >= 0.6 is 0 Å². The zero-order valence-corrected chi connectivity index (χ0v) is 9.08. The third kappa shape index (κ3) is 2.72. The average Bonchev–Trinajstić information content (AvgIpc) is 2.30. The Kier molecular flexibility index (Phi) is 4.30. The molecule has 1 aromatic carbocycles. The van der Waals surface area contributed by atoms with E-state index in [1.807, 2.05) is 30.3 Å². The van der Waals surface area contributed by atoms with Gasteiger partial charge in [0.05, 0.1) is 0 Å². The maximum absolute atomic E-state index is 11.4. The van der Waals surface area contributed by atoms with Gasteiger partial charge in [-0.25, -0.2) is 0 Å². The molecule has 0 aliphatic carbocycles. The first kappa shape index (κ1) is 12.0. The summed E-state index contributed by atoms with van der Waals surface area (Å²) in [6.45, 7) is 5.10. The van der Waals surface area contributed by atoms with Gasteiger partial charge in [0.1, 0.15) is 11.8 Å². The first-order chi connectivity index (χ1) is 7.70. The Morgan fingerprint density at radius 2 is 2.12 bits per heavy atom. The van der Waals surface area contributed by atoms with Gasteiger partial charge in [-0.3, -0.25) is 4.79 Å². The fourth-order valence-electron chi connectivity index (χ4n) is 1.58. The standard InChI is InChI=1S/C12H13N3O/c1-3-11(10-7-5-4-6-8-10)12(9(2)16)14-15-13/h3-8,11-12H,1H2,2H3. The van der Waals surface area contributed by atoms with E-state index < -0.39 is 6.04 Å². The molecular formula is C12H13N3O. The van der Waals surface area contributed by atoms with E-state index in [1.165, 1.54) is 6.92 Å². The largest absolute Gasteiger partial charge is 0.300 e.